The molecule has 1 aromatic rings. The second kappa shape index (κ2) is 4.09. The molecule has 0 amide bonds. The molecule has 15 heavy (non-hydrogen) atoms. The maximum absolute atomic E-state index is 12.7. The van der Waals surface area contributed by atoms with E-state index >= 15 is 0 Å². The van der Waals surface area contributed by atoms with Crippen LogP contribution in [0.3, 0.4) is 0 Å². The van der Waals surface area contributed by atoms with Crippen LogP contribution in [0.15, 0.2) is 16.3 Å². The first-order chi connectivity index (χ1) is 7.07. The van der Waals surface area contributed by atoms with Crippen molar-refractivity contribution in [3.8, 4) is 0 Å². The van der Waals surface area contributed by atoms with Crippen molar-refractivity contribution < 1.29 is 12.3 Å². The summed E-state index contributed by atoms with van der Waals surface area (Å²) in [5, 5.41) is 0.853. The van der Waals surface area contributed by atoms with E-state index < -0.39 is 10.2 Å². The van der Waals surface area contributed by atoms with Crippen LogP contribution in [-0.2, 0) is 10.2 Å². The topological polar surface area (TPSA) is 37.4 Å². The first-order valence-corrected chi connectivity index (χ1v) is 7.07. The maximum atomic E-state index is 12.7. The molecule has 2 heterocycles. The van der Waals surface area contributed by atoms with Gasteiger partial charge in [-0.15, -0.1) is 11.3 Å². The monoisotopic (exact) mass is 249 g/mol. The van der Waals surface area contributed by atoms with Crippen LogP contribution in [0.2, 0.25) is 0 Å². The van der Waals surface area contributed by atoms with E-state index in [1.165, 1.54) is 12.5 Å². The van der Waals surface area contributed by atoms with Gasteiger partial charge in [0.05, 0.1) is 5.00 Å². The van der Waals surface area contributed by atoms with Crippen molar-refractivity contribution in [3.63, 3.8) is 0 Å². The summed E-state index contributed by atoms with van der Waals surface area (Å²) in [5.41, 5.74) is 0. The average Bonchev–Trinajstić information content (AvgIpc) is 2.67. The Hall–Kier alpha value is -0.620. The molecule has 1 aliphatic heterocycles. The predicted molar refractivity (Wildman–Crippen MR) is 58.7 cm³/mol. The lowest BCUT2D eigenvalue weighted by Crippen LogP contribution is -2.28. The largest absolute Gasteiger partial charge is 0.363 e. The first-order valence-electron chi connectivity index (χ1n) is 4.87. The zero-order valence-electron chi connectivity index (χ0n) is 8.15. The number of halogens is 1. The summed E-state index contributed by atoms with van der Waals surface area (Å²) in [6, 6.07) is 3.02. The summed E-state index contributed by atoms with van der Waals surface area (Å²) in [6.07, 6.45) is 3.46. The number of thiophene rings is 1. The molecule has 84 valence electrons. The SMILES string of the molecule is O=S(=O)(F)c1ccc(N2CCCCC2)s1. The Kier molecular flexibility index (Phi) is 2.97. The van der Waals surface area contributed by atoms with Crippen LogP contribution in [0.1, 0.15) is 19.3 Å². The van der Waals surface area contributed by atoms with Gasteiger partial charge in [-0.2, -0.15) is 8.42 Å². The molecular weight excluding hydrogens is 237 g/mol. The van der Waals surface area contributed by atoms with Gasteiger partial charge in [-0.1, -0.05) is 3.89 Å². The van der Waals surface area contributed by atoms with Crippen LogP contribution in [0, 0.1) is 0 Å². The van der Waals surface area contributed by atoms with Crippen molar-refractivity contribution in [1.82, 2.24) is 0 Å². The van der Waals surface area contributed by atoms with Crippen LogP contribution in [0.4, 0.5) is 8.89 Å². The molecular formula is C9H12FNO2S2. The minimum atomic E-state index is -4.53. The molecule has 1 saturated heterocycles. The van der Waals surface area contributed by atoms with Crippen LogP contribution in [-0.4, -0.2) is 21.5 Å². The van der Waals surface area contributed by atoms with E-state index in [1.54, 1.807) is 6.07 Å². The maximum Gasteiger partial charge on any atom is 0.341 e. The van der Waals surface area contributed by atoms with Gasteiger partial charge >= 0.3 is 10.2 Å². The van der Waals surface area contributed by atoms with Gasteiger partial charge in [-0.25, -0.2) is 0 Å². The highest BCUT2D eigenvalue weighted by Crippen LogP contribution is 2.31. The lowest BCUT2D eigenvalue weighted by molar-refractivity contribution is 0.554. The second-order valence-electron chi connectivity index (χ2n) is 3.58. The van der Waals surface area contributed by atoms with E-state index in [-0.39, 0.29) is 4.21 Å². The zero-order chi connectivity index (χ0) is 10.9. The molecule has 3 nitrogen and oxygen atoms in total. The molecule has 0 radical (unpaired) electrons. The summed E-state index contributed by atoms with van der Waals surface area (Å²) < 4.78 is 33.8. The van der Waals surface area contributed by atoms with Crippen molar-refractivity contribution >= 4 is 26.6 Å². The quantitative estimate of drug-likeness (QED) is 0.755. The fourth-order valence-corrected chi connectivity index (χ4v) is 3.40. The van der Waals surface area contributed by atoms with Gasteiger partial charge in [0.1, 0.15) is 0 Å². The number of piperidine rings is 1. The number of hydrogen-bond acceptors (Lipinski definition) is 4. The minimum Gasteiger partial charge on any atom is -0.363 e. The highest BCUT2D eigenvalue weighted by molar-refractivity contribution is 7.88. The van der Waals surface area contributed by atoms with Crippen LogP contribution in [0.25, 0.3) is 0 Å². The van der Waals surface area contributed by atoms with E-state index in [1.807, 2.05) is 0 Å². The van der Waals surface area contributed by atoms with Gasteiger partial charge < -0.3 is 4.90 Å². The molecule has 0 aromatic carbocycles. The summed E-state index contributed by atoms with van der Waals surface area (Å²) in [4.78, 5) is 2.11. The fraction of sp³-hybridized carbons (Fsp3) is 0.556. The Labute approximate surface area is 92.7 Å². The summed E-state index contributed by atoms with van der Waals surface area (Å²) in [5.74, 6) is 0. The van der Waals surface area contributed by atoms with E-state index in [0.717, 1.165) is 42.3 Å². The molecule has 0 atom stereocenters. The first kappa shape index (κ1) is 10.9. The van der Waals surface area contributed by atoms with Crippen molar-refractivity contribution in [1.29, 1.82) is 0 Å². The molecule has 0 aliphatic carbocycles. The van der Waals surface area contributed by atoms with Gasteiger partial charge in [-0.3, -0.25) is 0 Å². The highest BCUT2D eigenvalue weighted by atomic mass is 32.3. The van der Waals surface area contributed by atoms with Crippen LogP contribution >= 0.6 is 11.3 Å². The van der Waals surface area contributed by atoms with Crippen molar-refractivity contribution in [2.45, 2.75) is 23.5 Å². The van der Waals surface area contributed by atoms with Crippen molar-refractivity contribution in [2.75, 3.05) is 18.0 Å². The molecule has 0 bridgehead atoms. The third-order valence-corrected chi connectivity index (χ3v) is 4.88. The van der Waals surface area contributed by atoms with Crippen LogP contribution in [0.5, 0.6) is 0 Å². The molecule has 1 aromatic heterocycles. The normalized spacial score (nSPS) is 18.1. The van der Waals surface area contributed by atoms with Crippen molar-refractivity contribution in [2.24, 2.45) is 0 Å². The highest BCUT2D eigenvalue weighted by Gasteiger charge is 2.18. The Bertz CT molecular complexity index is 435. The van der Waals surface area contributed by atoms with E-state index in [0.29, 0.717) is 0 Å². The molecule has 1 fully saturated rings. The zero-order valence-corrected chi connectivity index (χ0v) is 9.78. The van der Waals surface area contributed by atoms with Gasteiger partial charge in [0, 0.05) is 13.1 Å². The standard InChI is InChI=1S/C9H12FNO2S2/c10-15(12,13)9-5-4-8(14-9)11-6-2-1-3-7-11/h4-5H,1-3,6-7H2. The van der Waals surface area contributed by atoms with Gasteiger partial charge in [0.25, 0.3) is 0 Å². The third kappa shape index (κ3) is 2.49. The molecule has 2 rings (SSSR count). The van der Waals surface area contributed by atoms with Crippen molar-refractivity contribution in [3.05, 3.63) is 12.1 Å². The van der Waals surface area contributed by atoms with Gasteiger partial charge in [0.2, 0.25) is 0 Å². The molecule has 0 unspecified atom stereocenters. The van der Waals surface area contributed by atoms with Gasteiger partial charge in [0.15, 0.2) is 4.21 Å². The van der Waals surface area contributed by atoms with E-state index in [9.17, 15) is 12.3 Å². The number of anilines is 1. The second-order valence-corrected chi connectivity index (χ2v) is 6.21. The molecule has 0 spiro atoms. The van der Waals surface area contributed by atoms with Gasteiger partial charge in [-0.05, 0) is 31.4 Å². The summed E-state index contributed by atoms with van der Waals surface area (Å²) in [6.45, 7) is 1.87. The Morgan fingerprint density at radius 2 is 1.87 bits per heavy atom. The fourth-order valence-electron chi connectivity index (χ4n) is 1.73. The number of rotatable bonds is 2. The summed E-state index contributed by atoms with van der Waals surface area (Å²) in [7, 11) is -4.53. The lowest BCUT2D eigenvalue weighted by atomic mass is 10.1. The Morgan fingerprint density at radius 3 is 2.40 bits per heavy atom. The lowest BCUT2D eigenvalue weighted by Gasteiger charge is -2.26. The minimum absolute atomic E-state index is 0.192. The van der Waals surface area contributed by atoms with E-state index in [4.69, 9.17) is 0 Å². The number of nitrogens with zero attached hydrogens (tertiary/aromatic N) is 1. The average molecular weight is 249 g/mol. The molecule has 6 heteroatoms. The molecule has 0 saturated carbocycles. The van der Waals surface area contributed by atoms with E-state index in [2.05, 4.69) is 4.90 Å². The summed E-state index contributed by atoms with van der Waals surface area (Å²) >= 11 is 1.01. The van der Waals surface area contributed by atoms with Crippen LogP contribution < -0.4 is 4.90 Å². The predicted octanol–water partition coefficient (Wildman–Crippen LogP) is 2.40. The number of hydrogen-bond donors (Lipinski definition) is 0. The Balaban J connectivity index is 2.19. The Morgan fingerprint density at radius 1 is 1.20 bits per heavy atom. The molecule has 1 aliphatic rings. The smallest absolute Gasteiger partial charge is 0.341 e. The molecule has 0 N–H and O–H groups in total. The third-order valence-electron chi connectivity index (χ3n) is 2.48.